The molecule has 0 aromatic heterocycles. The molecule has 1 heterocycles. The van der Waals surface area contributed by atoms with Gasteiger partial charge >= 0.3 is 0 Å². The number of piperidine rings is 1. The van der Waals surface area contributed by atoms with Crippen molar-refractivity contribution in [2.24, 2.45) is 5.92 Å². The van der Waals surface area contributed by atoms with Crippen LogP contribution < -0.4 is 10.6 Å². The molecule has 20 heavy (non-hydrogen) atoms. The molecule has 2 N–H and O–H groups in total. The number of carbonyl (C=O) groups excluding carboxylic acids is 1. The summed E-state index contributed by atoms with van der Waals surface area (Å²) in [7, 11) is 0. The Balaban J connectivity index is 0.00000200. The van der Waals surface area contributed by atoms with Gasteiger partial charge in [-0.3, -0.25) is 4.79 Å². The Morgan fingerprint density at radius 1 is 1.35 bits per heavy atom. The molecule has 0 radical (unpaired) electrons. The van der Waals surface area contributed by atoms with Gasteiger partial charge in [0, 0.05) is 12.1 Å². The molecular formula is C16H25ClN2O. The second-order valence-corrected chi connectivity index (χ2v) is 5.70. The van der Waals surface area contributed by atoms with E-state index in [0.29, 0.717) is 11.8 Å². The lowest BCUT2D eigenvalue weighted by Crippen LogP contribution is -2.38. The van der Waals surface area contributed by atoms with Crippen molar-refractivity contribution in [3.8, 4) is 0 Å². The third kappa shape index (κ3) is 4.80. The molecule has 0 saturated carbocycles. The molecule has 4 heteroatoms. The van der Waals surface area contributed by atoms with Gasteiger partial charge in [-0.05, 0) is 55.5 Å². The maximum Gasteiger partial charge on any atom is 0.251 e. The number of hydrogen-bond donors (Lipinski definition) is 2. The van der Waals surface area contributed by atoms with Crippen LogP contribution in [-0.4, -0.2) is 25.5 Å². The lowest BCUT2D eigenvalue weighted by atomic mass is 9.99. The molecule has 1 saturated heterocycles. The summed E-state index contributed by atoms with van der Waals surface area (Å²) in [5.41, 5.74) is 2.03. The first-order valence-corrected chi connectivity index (χ1v) is 7.25. The molecule has 1 amide bonds. The van der Waals surface area contributed by atoms with Crippen LogP contribution in [-0.2, 0) is 0 Å². The second kappa shape index (κ2) is 8.28. The van der Waals surface area contributed by atoms with Gasteiger partial charge in [-0.25, -0.2) is 0 Å². The Bertz CT molecular complexity index is 411. The minimum Gasteiger partial charge on any atom is -0.352 e. The molecule has 1 unspecified atom stereocenters. The van der Waals surface area contributed by atoms with Gasteiger partial charge in [0.25, 0.3) is 5.91 Å². The molecule has 1 atom stereocenters. The van der Waals surface area contributed by atoms with Crippen LogP contribution in [0.2, 0.25) is 0 Å². The van der Waals surface area contributed by atoms with E-state index in [-0.39, 0.29) is 18.3 Å². The average Bonchev–Trinajstić information content (AvgIpc) is 2.46. The largest absolute Gasteiger partial charge is 0.352 e. The fourth-order valence-corrected chi connectivity index (χ4v) is 2.46. The minimum atomic E-state index is 0. The third-order valence-electron chi connectivity index (χ3n) is 3.79. The maximum atomic E-state index is 12.0. The summed E-state index contributed by atoms with van der Waals surface area (Å²) < 4.78 is 0. The van der Waals surface area contributed by atoms with Crippen LogP contribution in [0.1, 0.15) is 48.5 Å². The van der Waals surface area contributed by atoms with Crippen molar-refractivity contribution in [3.63, 3.8) is 0 Å². The molecular weight excluding hydrogens is 272 g/mol. The minimum absolute atomic E-state index is 0. The number of halogens is 1. The van der Waals surface area contributed by atoms with E-state index in [1.54, 1.807) is 0 Å². The van der Waals surface area contributed by atoms with Gasteiger partial charge in [-0.1, -0.05) is 26.0 Å². The lowest BCUT2D eigenvalue weighted by Gasteiger charge is -2.22. The summed E-state index contributed by atoms with van der Waals surface area (Å²) in [5.74, 6) is 1.12. The number of amides is 1. The van der Waals surface area contributed by atoms with Gasteiger partial charge in [0.15, 0.2) is 0 Å². The first-order valence-electron chi connectivity index (χ1n) is 7.25. The summed E-state index contributed by atoms with van der Waals surface area (Å²) in [6.07, 6.45) is 2.42. The highest BCUT2D eigenvalue weighted by Crippen LogP contribution is 2.15. The second-order valence-electron chi connectivity index (χ2n) is 5.70. The smallest absolute Gasteiger partial charge is 0.251 e. The van der Waals surface area contributed by atoms with Gasteiger partial charge < -0.3 is 10.6 Å². The summed E-state index contributed by atoms with van der Waals surface area (Å²) in [6.45, 7) is 7.22. The molecule has 1 aliphatic heterocycles. The summed E-state index contributed by atoms with van der Waals surface area (Å²) >= 11 is 0. The average molecular weight is 297 g/mol. The van der Waals surface area contributed by atoms with Crippen molar-refractivity contribution in [1.82, 2.24) is 10.6 Å². The van der Waals surface area contributed by atoms with E-state index in [4.69, 9.17) is 0 Å². The number of nitrogens with one attached hydrogen (secondary N) is 2. The molecule has 0 bridgehead atoms. The van der Waals surface area contributed by atoms with Crippen molar-refractivity contribution in [2.75, 3.05) is 19.6 Å². The number of hydrogen-bond acceptors (Lipinski definition) is 2. The third-order valence-corrected chi connectivity index (χ3v) is 3.79. The first kappa shape index (κ1) is 17.0. The predicted octanol–water partition coefficient (Wildman–Crippen LogP) is 2.96. The SMILES string of the molecule is CC(C)c1ccc(C(=O)NCC2CCCNC2)cc1.Cl. The van der Waals surface area contributed by atoms with Crippen molar-refractivity contribution >= 4 is 18.3 Å². The first-order chi connectivity index (χ1) is 9.16. The Hall–Kier alpha value is -1.06. The van der Waals surface area contributed by atoms with Crippen LogP contribution in [0.25, 0.3) is 0 Å². The van der Waals surface area contributed by atoms with Crippen LogP contribution in [0, 0.1) is 5.92 Å². The topological polar surface area (TPSA) is 41.1 Å². The molecule has 112 valence electrons. The quantitative estimate of drug-likeness (QED) is 0.897. The summed E-state index contributed by atoms with van der Waals surface area (Å²) in [5, 5.41) is 6.41. The lowest BCUT2D eigenvalue weighted by molar-refractivity contribution is 0.0945. The maximum absolute atomic E-state index is 12.0. The number of benzene rings is 1. The molecule has 0 spiro atoms. The van der Waals surface area contributed by atoms with E-state index in [9.17, 15) is 4.79 Å². The zero-order valence-electron chi connectivity index (χ0n) is 12.3. The zero-order chi connectivity index (χ0) is 13.7. The van der Waals surface area contributed by atoms with Crippen molar-refractivity contribution in [1.29, 1.82) is 0 Å². The normalized spacial score (nSPS) is 18.4. The summed E-state index contributed by atoms with van der Waals surface area (Å²) in [6, 6.07) is 7.93. The van der Waals surface area contributed by atoms with Crippen LogP contribution in [0.5, 0.6) is 0 Å². The molecule has 2 rings (SSSR count). The highest BCUT2D eigenvalue weighted by atomic mass is 35.5. The van der Waals surface area contributed by atoms with Crippen LogP contribution in [0.3, 0.4) is 0 Å². The van der Waals surface area contributed by atoms with E-state index in [1.807, 2.05) is 24.3 Å². The predicted molar refractivity (Wildman–Crippen MR) is 85.7 cm³/mol. The van der Waals surface area contributed by atoms with E-state index < -0.39 is 0 Å². The Morgan fingerprint density at radius 2 is 2.05 bits per heavy atom. The van der Waals surface area contributed by atoms with E-state index in [0.717, 1.165) is 25.2 Å². The van der Waals surface area contributed by atoms with Gasteiger partial charge in [0.05, 0.1) is 0 Å². The van der Waals surface area contributed by atoms with Crippen molar-refractivity contribution in [2.45, 2.75) is 32.6 Å². The molecule has 1 aromatic rings. The zero-order valence-corrected chi connectivity index (χ0v) is 13.1. The fraction of sp³-hybridized carbons (Fsp3) is 0.562. The molecule has 1 fully saturated rings. The Kier molecular flexibility index (Phi) is 7.03. The molecule has 1 aliphatic rings. The van der Waals surface area contributed by atoms with E-state index >= 15 is 0 Å². The number of carbonyl (C=O) groups is 1. The fourth-order valence-electron chi connectivity index (χ4n) is 2.46. The standard InChI is InChI=1S/C16H24N2O.ClH/c1-12(2)14-5-7-15(8-6-14)16(19)18-11-13-4-3-9-17-10-13;/h5-8,12-13,17H,3-4,9-11H2,1-2H3,(H,18,19);1H. The van der Waals surface area contributed by atoms with Gasteiger partial charge in [0.1, 0.15) is 0 Å². The number of rotatable bonds is 4. The van der Waals surface area contributed by atoms with Crippen molar-refractivity contribution in [3.05, 3.63) is 35.4 Å². The highest BCUT2D eigenvalue weighted by molar-refractivity contribution is 5.94. The van der Waals surface area contributed by atoms with Gasteiger partial charge in [-0.2, -0.15) is 0 Å². The Morgan fingerprint density at radius 3 is 2.60 bits per heavy atom. The monoisotopic (exact) mass is 296 g/mol. The highest BCUT2D eigenvalue weighted by Gasteiger charge is 2.14. The molecule has 1 aromatic carbocycles. The van der Waals surface area contributed by atoms with Gasteiger partial charge in [-0.15, -0.1) is 12.4 Å². The van der Waals surface area contributed by atoms with Crippen LogP contribution in [0.4, 0.5) is 0 Å². The van der Waals surface area contributed by atoms with Crippen molar-refractivity contribution < 1.29 is 4.79 Å². The summed E-state index contributed by atoms with van der Waals surface area (Å²) in [4.78, 5) is 12.0. The molecule has 3 nitrogen and oxygen atoms in total. The molecule has 0 aliphatic carbocycles. The van der Waals surface area contributed by atoms with Crippen LogP contribution >= 0.6 is 12.4 Å². The van der Waals surface area contributed by atoms with Crippen LogP contribution in [0.15, 0.2) is 24.3 Å². The van der Waals surface area contributed by atoms with Gasteiger partial charge in [0.2, 0.25) is 0 Å². The van der Waals surface area contributed by atoms with E-state index in [1.165, 1.54) is 18.4 Å². The van der Waals surface area contributed by atoms with E-state index in [2.05, 4.69) is 24.5 Å². The Labute approximate surface area is 127 Å².